The van der Waals surface area contributed by atoms with Gasteiger partial charge < -0.3 is 0 Å². The second kappa shape index (κ2) is 2.77. The Balaban J connectivity index is 2.04. The number of halogens is 1. The first-order chi connectivity index (χ1) is 5.74. The highest BCUT2D eigenvalue weighted by molar-refractivity contribution is 6.18. The lowest BCUT2D eigenvalue weighted by atomic mass is 10.0. The summed E-state index contributed by atoms with van der Waals surface area (Å²) >= 11 is 5.88. The van der Waals surface area contributed by atoms with E-state index in [1.807, 2.05) is 17.9 Å². The summed E-state index contributed by atoms with van der Waals surface area (Å²) in [7, 11) is 1.95. The van der Waals surface area contributed by atoms with Crippen LogP contribution >= 0.6 is 11.6 Å². The van der Waals surface area contributed by atoms with Crippen LogP contribution in [0.2, 0.25) is 0 Å². The molecule has 66 valence electrons. The Morgan fingerprint density at radius 3 is 2.83 bits per heavy atom. The van der Waals surface area contributed by atoms with Gasteiger partial charge in [0.25, 0.3) is 0 Å². The van der Waals surface area contributed by atoms with Gasteiger partial charge in [-0.1, -0.05) is 0 Å². The van der Waals surface area contributed by atoms with Crippen LogP contribution in [0.15, 0.2) is 12.3 Å². The van der Waals surface area contributed by atoms with E-state index in [-0.39, 0.29) is 0 Å². The molecule has 0 N–H and O–H groups in total. The molecule has 12 heavy (non-hydrogen) atoms. The molecule has 1 aliphatic rings. The number of rotatable bonds is 3. The van der Waals surface area contributed by atoms with Crippen LogP contribution in [-0.2, 0) is 13.5 Å². The molecule has 1 aliphatic carbocycles. The second-order valence-electron chi connectivity index (χ2n) is 3.79. The van der Waals surface area contributed by atoms with Crippen LogP contribution in [0.3, 0.4) is 0 Å². The molecule has 1 saturated carbocycles. The van der Waals surface area contributed by atoms with Gasteiger partial charge in [-0.05, 0) is 30.7 Å². The van der Waals surface area contributed by atoms with Crippen molar-refractivity contribution in [1.82, 2.24) is 9.78 Å². The van der Waals surface area contributed by atoms with E-state index in [9.17, 15) is 0 Å². The number of aromatic nitrogens is 2. The van der Waals surface area contributed by atoms with Crippen molar-refractivity contribution in [1.29, 1.82) is 0 Å². The summed E-state index contributed by atoms with van der Waals surface area (Å²) in [5, 5.41) is 4.34. The van der Waals surface area contributed by atoms with E-state index in [2.05, 4.69) is 11.2 Å². The van der Waals surface area contributed by atoms with Crippen molar-refractivity contribution in [3.63, 3.8) is 0 Å². The molecule has 0 bridgehead atoms. The number of hydrogen-bond acceptors (Lipinski definition) is 1. The number of hydrogen-bond donors (Lipinski definition) is 0. The Hall–Kier alpha value is -0.500. The fraction of sp³-hybridized carbons (Fsp3) is 0.667. The van der Waals surface area contributed by atoms with Gasteiger partial charge in [0.1, 0.15) is 0 Å². The minimum atomic E-state index is 0.399. The monoisotopic (exact) mass is 184 g/mol. The van der Waals surface area contributed by atoms with Gasteiger partial charge in [0, 0.05) is 19.1 Å². The fourth-order valence-corrected chi connectivity index (χ4v) is 1.84. The Morgan fingerprint density at radius 1 is 1.67 bits per heavy atom. The number of aryl methyl sites for hydroxylation is 1. The highest BCUT2D eigenvalue weighted by Crippen LogP contribution is 2.48. The molecule has 0 aromatic carbocycles. The predicted molar refractivity (Wildman–Crippen MR) is 49.3 cm³/mol. The van der Waals surface area contributed by atoms with E-state index < -0.39 is 0 Å². The van der Waals surface area contributed by atoms with E-state index in [0.29, 0.717) is 5.41 Å². The van der Waals surface area contributed by atoms with Gasteiger partial charge in [0.15, 0.2) is 0 Å². The van der Waals surface area contributed by atoms with Crippen molar-refractivity contribution in [2.75, 3.05) is 5.88 Å². The molecule has 2 rings (SSSR count). The largest absolute Gasteiger partial charge is 0.276 e. The Kier molecular flexibility index (Phi) is 1.87. The zero-order valence-corrected chi connectivity index (χ0v) is 8.01. The van der Waals surface area contributed by atoms with Crippen LogP contribution in [0, 0.1) is 5.41 Å². The summed E-state index contributed by atoms with van der Waals surface area (Å²) in [6, 6.07) is 2.08. The summed E-state index contributed by atoms with van der Waals surface area (Å²) in [6.45, 7) is 0. The van der Waals surface area contributed by atoms with Crippen LogP contribution < -0.4 is 0 Å². The summed E-state index contributed by atoms with van der Waals surface area (Å²) in [6.07, 6.45) is 5.58. The van der Waals surface area contributed by atoms with Crippen LogP contribution in [0.4, 0.5) is 0 Å². The smallest absolute Gasteiger partial charge is 0.0630 e. The van der Waals surface area contributed by atoms with Crippen molar-refractivity contribution in [3.05, 3.63) is 18.0 Å². The van der Waals surface area contributed by atoms with E-state index in [0.717, 1.165) is 12.3 Å². The quantitative estimate of drug-likeness (QED) is 0.657. The Morgan fingerprint density at radius 2 is 2.42 bits per heavy atom. The first kappa shape index (κ1) is 8.11. The summed E-state index contributed by atoms with van der Waals surface area (Å²) < 4.78 is 1.85. The highest BCUT2D eigenvalue weighted by Gasteiger charge is 2.42. The van der Waals surface area contributed by atoms with E-state index >= 15 is 0 Å². The van der Waals surface area contributed by atoms with Crippen molar-refractivity contribution in [2.45, 2.75) is 19.3 Å². The van der Waals surface area contributed by atoms with Crippen molar-refractivity contribution in [3.8, 4) is 0 Å². The average molecular weight is 185 g/mol. The molecule has 1 fully saturated rings. The van der Waals surface area contributed by atoms with Crippen LogP contribution in [0.1, 0.15) is 18.5 Å². The Bertz CT molecular complexity index is 276. The SMILES string of the molecule is Cn1ccc(CC2(CCl)CC2)n1. The van der Waals surface area contributed by atoms with Gasteiger partial charge in [-0.25, -0.2) is 0 Å². The van der Waals surface area contributed by atoms with E-state index in [4.69, 9.17) is 11.6 Å². The minimum absolute atomic E-state index is 0.399. The molecule has 0 amide bonds. The summed E-state index contributed by atoms with van der Waals surface area (Å²) in [4.78, 5) is 0. The molecule has 3 heteroatoms. The van der Waals surface area contributed by atoms with Gasteiger partial charge in [0.05, 0.1) is 5.69 Å². The maximum Gasteiger partial charge on any atom is 0.0630 e. The first-order valence-electron chi connectivity index (χ1n) is 4.29. The lowest BCUT2D eigenvalue weighted by molar-refractivity contribution is 0.560. The van der Waals surface area contributed by atoms with E-state index in [1.165, 1.54) is 18.5 Å². The van der Waals surface area contributed by atoms with Gasteiger partial charge >= 0.3 is 0 Å². The number of alkyl halides is 1. The molecule has 0 unspecified atom stereocenters. The van der Waals surface area contributed by atoms with Crippen molar-refractivity contribution < 1.29 is 0 Å². The maximum absolute atomic E-state index is 5.88. The molecule has 0 atom stereocenters. The molecule has 1 aromatic heterocycles. The fourth-order valence-electron chi connectivity index (χ4n) is 1.48. The zero-order valence-electron chi connectivity index (χ0n) is 7.26. The Labute approximate surface area is 77.5 Å². The molecular weight excluding hydrogens is 172 g/mol. The zero-order chi connectivity index (χ0) is 8.60. The normalized spacial score (nSPS) is 19.5. The molecule has 1 heterocycles. The topological polar surface area (TPSA) is 17.8 Å². The summed E-state index contributed by atoms with van der Waals surface area (Å²) in [5.74, 6) is 0.781. The minimum Gasteiger partial charge on any atom is -0.276 e. The maximum atomic E-state index is 5.88. The lowest BCUT2D eigenvalue weighted by Gasteiger charge is -2.07. The molecule has 2 nitrogen and oxygen atoms in total. The van der Waals surface area contributed by atoms with E-state index in [1.54, 1.807) is 0 Å². The molecule has 0 spiro atoms. The molecule has 0 radical (unpaired) electrons. The van der Waals surface area contributed by atoms with Crippen LogP contribution in [-0.4, -0.2) is 15.7 Å². The summed E-state index contributed by atoms with van der Waals surface area (Å²) in [5.41, 5.74) is 1.58. The van der Waals surface area contributed by atoms with Gasteiger partial charge in [-0.2, -0.15) is 5.10 Å². The van der Waals surface area contributed by atoms with Gasteiger partial charge in [-0.15, -0.1) is 11.6 Å². The molecular formula is C9H13ClN2. The van der Waals surface area contributed by atoms with Crippen molar-refractivity contribution in [2.24, 2.45) is 12.5 Å². The third kappa shape index (κ3) is 1.48. The molecule has 0 aliphatic heterocycles. The average Bonchev–Trinajstić information content (AvgIpc) is 2.71. The highest BCUT2D eigenvalue weighted by atomic mass is 35.5. The molecule has 1 aromatic rings. The lowest BCUT2D eigenvalue weighted by Crippen LogP contribution is -2.07. The third-order valence-electron chi connectivity index (χ3n) is 2.57. The first-order valence-corrected chi connectivity index (χ1v) is 4.82. The van der Waals surface area contributed by atoms with Crippen LogP contribution in [0.25, 0.3) is 0 Å². The van der Waals surface area contributed by atoms with Crippen molar-refractivity contribution >= 4 is 11.6 Å². The predicted octanol–water partition coefficient (Wildman–Crippen LogP) is 1.98. The molecule has 0 saturated heterocycles. The third-order valence-corrected chi connectivity index (χ3v) is 3.13. The standard InChI is InChI=1S/C9H13ClN2/c1-12-5-2-8(11-12)6-9(7-10)3-4-9/h2,5H,3-4,6-7H2,1H3. The second-order valence-corrected chi connectivity index (χ2v) is 4.06. The van der Waals surface area contributed by atoms with Gasteiger partial charge in [0.2, 0.25) is 0 Å². The van der Waals surface area contributed by atoms with Crippen LogP contribution in [0.5, 0.6) is 0 Å². The van der Waals surface area contributed by atoms with Gasteiger partial charge in [-0.3, -0.25) is 4.68 Å². The number of nitrogens with zero attached hydrogens (tertiary/aromatic N) is 2.